The minimum Gasteiger partial charge on any atom is -0.444 e. The summed E-state index contributed by atoms with van der Waals surface area (Å²) in [6, 6.07) is 0. The van der Waals surface area contributed by atoms with Gasteiger partial charge in [0.05, 0.1) is 0 Å². The van der Waals surface area contributed by atoms with Gasteiger partial charge in [-0.1, -0.05) is 0 Å². The minimum absolute atomic E-state index is 0.112. The van der Waals surface area contributed by atoms with Crippen molar-refractivity contribution >= 4 is 34.4 Å². The normalized spacial score (nSPS) is 11.1. The molecular weight excluding hydrogens is 226 g/mol. The van der Waals surface area contributed by atoms with Crippen LogP contribution < -0.4 is 5.32 Å². The predicted molar refractivity (Wildman–Crippen MR) is 54.8 cm³/mol. The number of rotatable bonds is 1. The molecule has 0 aliphatic carbocycles. The molecule has 5 nitrogen and oxygen atoms in total. The standard InChI is InChI=1S/C7H10ClN3O2S/c1-7(2,3)13-6(12)10-5-9-4(8)11-14-5/h1-3H3,(H,9,10,11,12). The summed E-state index contributed by atoms with van der Waals surface area (Å²) in [5, 5.41) is 2.85. The molecule has 0 saturated heterocycles. The van der Waals surface area contributed by atoms with Crippen molar-refractivity contribution in [1.82, 2.24) is 9.36 Å². The maximum atomic E-state index is 11.2. The Morgan fingerprint density at radius 1 is 1.57 bits per heavy atom. The van der Waals surface area contributed by atoms with Gasteiger partial charge in [-0.3, -0.25) is 5.32 Å². The van der Waals surface area contributed by atoms with Gasteiger partial charge in [-0.2, -0.15) is 9.36 Å². The first-order valence-corrected chi connectivity index (χ1v) is 5.01. The molecule has 0 atom stereocenters. The van der Waals surface area contributed by atoms with Crippen LogP contribution in [0.4, 0.5) is 9.93 Å². The summed E-state index contributed by atoms with van der Waals surface area (Å²) >= 11 is 6.47. The van der Waals surface area contributed by atoms with Gasteiger partial charge in [0.2, 0.25) is 10.4 Å². The van der Waals surface area contributed by atoms with E-state index in [2.05, 4.69) is 14.7 Å². The van der Waals surface area contributed by atoms with Crippen LogP contribution in [0, 0.1) is 0 Å². The van der Waals surface area contributed by atoms with Crippen molar-refractivity contribution < 1.29 is 9.53 Å². The van der Waals surface area contributed by atoms with E-state index < -0.39 is 11.7 Å². The fourth-order valence-electron chi connectivity index (χ4n) is 0.647. The number of aromatic nitrogens is 2. The second kappa shape index (κ2) is 4.10. The molecule has 0 bridgehead atoms. The molecule has 78 valence electrons. The first-order valence-electron chi connectivity index (χ1n) is 3.86. The average Bonchev–Trinajstić information content (AvgIpc) is 2.30. The lowest BCUT2D eigenvalue weighted by molar-refractivity contribution is 0.0636. The van der Waals surface area contributed by atoms with Gasteiger partial charge in [-0.15, -0.1) is 0 Å². The van der Waals surface area contributed by atoms with Gasteiger partial charge in [-0.05, 0) is 32.4 Å². The highest BCUT2D eigenvalue weighted by Crippen LogP contribution is 2.15. The van der Waals surface area contributed by atoms with Crippen molar-refractivity contribution in [2.75, 3.05) is 5.32 Å². The average molecular weight is 236 g/mol. The zero-order chi connectivity index (χ0) is 10.8. The predicted octanol–water partition coefficient (Wildman–Crippen LogP) is 2.54. The van der Waals surface area contributed by atoms with Crippen LogP contribution in [0.2, 0.25) is 5.28 Å². The van der Waals surface area contributed by atoms with Crippen LogP contribution in [-0.2, 0) is 4.74 Å². The van der Waals surface area contributed by atoms with Crippen LogP contribution in [-0.4, -0.2) is 21.1 Å². The van der Waals surface area contributed by atoms with Crippen LogP contribution in [0.15, 0.2) is 0 Å². The Kier molecular flexibility index (Phi) is 3.28. The zero-order valence-corrected chi connectivity index (χ0v) is 9.57. The fourth-order valence-corrected chi connectivity index (χ4v) is 1.34. The molecule has 0 radical (unpaired) electrons. The van der Waals surface area contributed by atoms with Crippen molar-refractivity contribution in [2.45, 2.75) is 26.4 Å². The fraction of sp³-hybridized carbons (Fsp3) is 0.571. The first-order chi connectivity index (χ1) is 6.37. The second-order valence-corrected chi connectivity index (χ2v) is 4.59. The molecular formula is C7H10ClN3O2S. The van der Waals surface area contributed by atoms with Crippen molar-refractivity contribution in [3.63, 3.8) is 0 Å². The lowest BCUT2D eigenvalue weighted by atomic mass is 10.2. The Balaban J connectivity index is 2.50. The van der Waals surface area contributed by atoms with Crippen LogP contribution in [0.1, 0.15) is 20.8 Å². The number of ether oxygens (including phenoxy) is 1. The first kappa shape index (κ1) is 11.2. The van der Waals surface area contributed by atoms with Gasteiger partial charge in [0.15, 0.2) is 0 Å². The largest absolute Gasteiger partial charge is 0.444 e. The molecule has 0 aromatic carbocycles. The van der Waals surface area contributed by atoms with E-state index in [1.165, 1.54) is 0 Å². The Hall–Kier alpha value is -0.880. The zero-order valence-electron chi connectivity index (χ0n) is 8.00. The molecule has 1 heterocycles. The quantitative estimate of drug-likeness (QED) is 0.813. The number of carbonyl (C=O) groups excluding carboxylic acids is 1. The molecule has 0 saturated carbocycles. The van der Waals surface area contributed by atoms with E-state index in [1.807, 2.05) is 0 Å². The number of hydrogen-bond acceptors (Lipinski definition) is 5. The van der Waals surface area contributed by atoms with Crippen molar-refractivity contribution in [3.05, 3.63) is 5.28 Å². The Labute approximate surface area is 90.6 Å². The van der Waals surface area contributed by atoms with Gasteiger partial charge in [-0.25, -0.2) is 4.79 Å². The lowest BCUT2D eigenvalue weighted by Crippen LogP contribution is -2.27. The number of carbonyl (C=O) groups is 1. The molecule has 0 fully saturated rings. The maximum absolute atomic E-state index is 11.2. The summed E-state index contributed by atoms with van der Waals surface area (Å²) in [5.41, 5.74) is -0.529. The Morgan fingerprint density at radius 2 is 2.21 bits per heavy atom. The van der Waals surface area contributed by atoms with E-state index in [1.54, 1.807) is 20.8 Å². The highest BCUT2D eigenvalue weighted by atomic mass is 35.5. The maximum Gasteiger partial charge on any atom is 0.414 e. The van der Waals surface area contributed by atoms with Crippen molar-refractivity contribution in [3.8, 4) is 0 Å². The van der Waals surface area contributed by atoms with E-state index in [0.717, 1.165) is 11.5 Å². The number of anilines is 1. The van der Waals surface area contributed by atoms with Gasteiger partial charge < -0.3 is 4.74 Å². The highest BCUT2D eigenvalue weighted by Gasteiger charge is 2.17. The van der Waals surface area contributed by atoms with Crippen LogP contribution in [0.25, 0.3) is 0 Å². The highest BCUT2D eigenvalue weighted by molar-refractivity contribution is 7.10. The molecule has 1 amide bonds. The third kappa shape index (κ3) is 3.89. The van der Waals surface area contributed by atoms with Crippen LogP contribution in [0.5, 0.6) is 0 Å². The molecule has 0 aliphatic rings. The molecule has 1 N–H and O–H groups in total. The lowest BCUT2D eigenvalue weighted by Gasteiger charge is -2.18. The third-order valence-electron chi connectivity index (χ3n) is 1.01. The van der Waals surface area contributed by atoms with E-state index in [9.17, 15) is 4.79 Å². The van der Waals surface area contributed by atoms with Crippen LogP contribution >= 0.6 is 23.1 Å². The molecule has 1 aromatic rings. The van der Waals surface area contributed by atoms with Gasteiger partial charge in [0, 0.05) is 11.5 Å². The molecule has 1 rings (SSSR count). The van der Waals surface area contributed by atoms with E-state index >= 15 is 0 Å². The van der Waals surface area contributed by atoms with Gasteiger partial charge in [0.1, 0.15) is 5.60 Å². The summed E-state index contributed by atoms with van der Waals surface area (Å²) in [6.07, 6.45) is -0.565. The second-order valence-electron chi connectivity index (χ2n) is 3.50. The Bertz CT molecular complexity index is 334. The van der Waals surface area contributed by atoms with Crippen molar-refractivity contribution in [1.29, 1.82) is 0 Å². The SMILES string of the molecule is CC(C)(C)OC(=O)Nc1nc(Cl)ns1. The molecule has 0 unspecified atom stereocenters. The van der Waals surface area contributed by atoms with Crippen molar-refractivity contribution in [2.24, 2.45) is 0 Å². The van der Waals surface area contributed by atoms with E-state index in [4.69, 9.17) is 16.3 Å². The number of amides is 1. The molecule has 0 aliphatic heterocycles. The number of hydrogen-bond donors (Lipinski definition) is 1. The summed E-state index contributed by atoms with van der Waals surface area (Å²) in [7, 11) is 0. The summed E-state index contributed by atoms with van der Waals surface area (Å²) in [4.78, 5) is 14.9. The third-order valence-corrected chi connectivity index (χ3v) is 1.91. The van der Waals surface area contributed by atoms with Gasteiger partial charge in [0.25, 0.3) is 0 Å². The smallest absolute Gasteiger partial charge is 0.414 e. The number of nitrogens with zero attached hydrogens (tertiary/aromatic N) is 2. The van der Waals surface area contributed by atoms with E-state index in [0.29, 0.717) is 5.13 Å². The Morgan fingerprint density at radius 3 is 2.64 bits per heavy atom. The monoisotopic (exact) mass is 235 g/mol. The molecule has 7 heteroatoms. The molecule has 0 spiro atoms. The summed E-state index contributed by atoms with van der Waals surface area (Å²) in [6.45, 7) is 5.33. The summed E-state index contributed by atoms with van der Waals surface area (Å²) < 4.78 is 8.69. The summed E-state index contributed by atoms with van der Waals surface area (Å²) in [5.74, 6) is 0. The number of halogens is 1. The van der Waals surface area contributed by atoms with Crippen LogP contribution in [0.3, 0.4) is 0 Å². The topological polar surface area (TPSA) is 64.1 Å². The minimum atomic E-state index is -0.565. The molecule has 1 aromatic heterocycles. The molecule has 14 heavy (non-hydrogen) atoms. The van der Waals surface area contributed by atoms with Gasteiger partial charge >= 0.3 is 6.09 Å². The number of nitrogens with one attached hydrogen (secondary N) is 1. The van der Waals surface area contributed by atoms with E-state index in [-0.39, 0.29) is 5.28 Å².